The Hall–Kier alpha value is -0.0900. The van der Waals surface area contributed by atoms with Crippen LogP contribution in [-0.2, 0) is 16.8 Å². The van der Waals surface area contributed by atoms with Crippen LogP contribution in [0.4, 0.5) is 0 Å². The molecule has 0 spiro atoms. The predicted molar refractivity (Wildman–Crippen MR) is 49.1 cm³/mol. The summed E-state index contributed by atoms with van der Waals surface area (Å²) in [4.78, 5) is 0. The Morgan fingerprint density at radius 2 is 2.08 bits per heavy atom. The second-order valence-corrected chi connectivity index (χ2v) is 3.84. The van der Waals surface area contributed by atoms with E-state index in [1.807, 2.05) is 0 Å². The SMILES string of the molecule is O=S([O-])Cc1cccc(Cl)c1Cl. The number of benzene rings is 1. The van der Waals surface area contributed by atoms with E-state index >= 15 is 0 Å². The van der Waals surface area contributed by atoms with Gasteiger partial charge in [-0.25, -0.2) is 0 Å². The summed E-state index contributed by atoms with van der Waals surface area (Å²) >= 11 is 9.27. The van der Waals surface area contributed by atoms with Gasteiger partial charge in [0.1, 0.15) is 0 Å². The van der Waals surface area contributed by atoms with E-state index in [9.17, 15) is 8.76 Å². The van der Waals surface area contributed by atoms with Gasteiger partial charge in [-0.1, -0.05) is 46.4 Å². The molecule has 0 heterocycles. The van der Waals surface area contributed by atoms with Crippen molar-refractivity contribution in [1.82, 2.24) is 0 Å². The Morgan fingerprint density at radius 3 is 2.67 bits per heavy atom. The van der Waals surface area contributed by atoms with E-state index < -0.39 is 11.1 Å². The van der Waals surface area contributed by atoms with Crippen LogP contribution >= 0.6 is 23.2 Å². The van der Waals surface area contributed by atoms with Crippen LogP contribution in [0.2, 0.25) is 10.0 Å². The summed E-state index contributed by atoms with van der Waals surface area (Å²) in [5, 5.41) is 0.683. The van der Waals surface area contributed by atoms with Crippen molar-refractivity contribution >= 4 is 34.3 Å². The second kappa shape index (κ2) is 4.23. The van der Waals surface area contributed by atoms with Gasteiger partial charge in [-0.3, -0.25) is 4.21 Å². The second-order valence-electron chi connectivity index (χ2n) is 2.16. The van der Waals surface area contributed by atoms with Gasteiger partial charge in [0, 0.05) is 5.75 Å². The maximum absolute atomic E-state index is 10.3. The Kier molecular flexibility index (Phi) is 3.53. The van der Waals surface area contributed by atoms with Gasteiger partial charge in [-0.05, 0) is 11.6 Å². The molecule has 0 N–H and O–H groups in total. The molecule has 0 radical (unpaired) electrons. The fourth-order valence-electron chi connectivity index (χ4n) is 0.787. The molecule has 12 heavy (non-hydrogen) atoms. The van der Waals surface area contributed by atoms with Gasteiger partial charge in [0.05, 0.1) is 10.0 Å². The zero-order chi connectivity index (χ0) is 9.14. The molecular weight excluding hydrogens is 219 g/mol. The molecule has 2 nitrogen and oxygen atoms in total. The maximum atomic E-state index is 10.3. The Balaban J connectivity index is 3.00. The minimum absolute atomic E-state index is 0.0978. The van der Waals surface area contributed by atoms with E-state index in [4.69, 9.17) is 23.2 Å². The van der Waals surface area contributed by atoms with Crippen molar-refractivity contribution in [3.8, 4) is 0 Å². The molecule has 1 atom stereocenters. The Bertz CT molecular complexity index is 314. The van der Waals surface area contributed by atoms with Crippen LogP contribution < -0.4 is 0 Å². The van der Waals surface area contributed by atoms with Crippen LogP contribution in [0.3, 0.4) is 0 Å². The van der Waals surface area contributed by atoms with Crippen LogP contribution in [0.15, 0.2) is 18.2 Å². The summed E-state index contributed by atoms with van der Waals surface area (Å²) in [7, 11) is 0. The van der Waals surface area contributed by atoms with Crippen molar-refractivity contribution in [2.45, 2.75) is 5.75 Å². The molecule has 66 valence electrons. The molecule has 0 saturated carbocycles. The van der Waals surface area contributed by atoms with E-state index in [2.05, 4.69) is 0 Å². The van der Waals surface area contributed by atoms with Gasteiger partial charge in [0.15, 0.2) is 0 Å². The molecule has 0 bridgehead atoms. The largest absolute Gasteiger partial charge is 0.772 e. The van der Waals surface area contributed by atoms with E-state index in [-0.39, 0.29) is 5.75 Å². The highest BCUT2D eigenvalue weighted by atomic mass is 35.5. The average Bonchev–Trinajstić information content (AvgIpc) is 1.98. The van der Waals surface area contributed by atoms with Crippen LogP contribution in [0.25, 0.3) is 0 Å². The molecule has 5 heteroatoms. The number of hydrogen-bond acceptors (Lipinski definition) is 2. The molecule has 0 aliphatic heterocycles. The topological polar surface area (TPSA) is 40.1 Å². The lowest BCUT2D eigenvalue weighted by Crippen LogP contribution is -1.94. The first-order valence-corrected chi connectivity index (χ1v) is 5.10. The number of halogens is 2. The van der Waals surface area contributed by atoms with Gasteiger partial charge in [-0.2, -0.15) is 0 Å². The first-order chi connectivity index (χ1) is 5.61. The van der Waals surface area contributed by atoms with E-state index in [0.29, 0.717) is 15.6 Å². The smallest absolute Gasteiger partial charge is 0.0633 e. The van der Waals surface area contributed by atoms with Gasteiger partial charge in [0.2, 0.25) is 0 Å². The third kappa shape index (κ3) is 2.45. The van der Waals surface area contributed by atoms with Crippen molar-refractivity contribution in [3.05, 3.63) is 33.8 Å². The predicted octanol–water partition coefficient (Wildman–Crippen LogP) is 2.37. The summed E-state index contributed by atoms with van der Waals surface area (Å²) in [6.07, 6.45) is 0. The van der Waals surface area contributed by atoms with E-state index in [1.165, 1.54) is 0 Å². The zero-order valence-electron chi connectivity index (χ0n) is 5.92. The number of hydrogen-bond donors (Lipinski definition) is 0. The van der Waals surface area contributed by atoms with Crippen molar-refractivity contribution < 1.29 is 8.76 Å². The lowest BCUT2D eigenvalue weighted by atomic mass is 10.2. The molecule has 0 amide bonds. The monoisotopic (exact) mass is 223 g/mol. The molecule has 0 aromatic heterocycles. The fraction of sp³-hybridized carbons (Fsp3) is 0.143. The lowest BCUT2D eigenvalue weighted by Gasteiger charge is -2.07. The summed E-state index contributed by atoms with van der Waals surface area (Å²) in [6.45, 7) is 0. The van der Waals surface area contributed by atoms with Gasteiger partial charge in [0.25, 0.3) is 0 Å². The lowest BCUT2D eigenvalue weighted by molar-refractivity contribution is 0.536. The van der Waals surface area contributed by atoms with Gasteiger partial charge >= 0.3 is 0 Å². The Morgan fingerprint density at radius 1 is 1.42 bits per heavy atom. The van der Waals surface area contributed by atoms with Crippen LogP contribution in [0, 0.1) is 0 Å². The molecule has 0 fully saturated rings. The third-order valence-corrected chi connectivity index (χ3v) is 2.71. The van der Waals surface area contributed by atoms with Crippen molar-refractivity contribution in [1.29, 1.82) is 0 Å². The van der Waals surface area contributed by atoms with Gasteiger partial charge < -0.3 is 4.55 Å². The quantitative estimate of drug-likeness (QED) is 0.723. The van der Waals surface area contributed by atoms with Crippen LogP contribution in [0.1, 0.15) is 5.56 Å². The number of rotatable bonds is 2. The molecular formula is C7H5Cl2O2S-. The maximum Gasteiger partial charge on any atom is 0.0633 e. The molecule has 0 aliphatic rings. The van der Waals surface area contributed by atoms with Crippen molar-refractivity contribution in [3.63, 3.8) is 0 Å². The average molecular weight is 224 g/mol. The molecule has 0 aliphatic carbocycles. The molecule has 1 aromatic rings. The summed E-state index contributed by atoms with van der Waals surface area (Å²) in [5.41, 5.74) is 0.525. The van der Waals surface area contributed by atoms with E-state index in [1.54, 1.807) is 18.2 Å². The first kappa shape index (κ1) is 9.99. The minimum Gasteiger partial charge on any atom is -0.772 e. The Labute approximate surface area is 82.8 Å². The molecule has 0 saturated heterocycles. The molecule has 1 rings (SSSR count). The van der Waals surface area contributed by atoms with E-state index in [0.717, 1.165) is 0 Å². The highest BCUT2D eigenvalue weighted by Crippen LogP contribution is 2.25. The summed E-state index contributed by atoms with van der Waals surface area (Å²) in [5.74, 6) is -0.0978. The molecule has 1 unspecified atom stereocenters. The highest BCUT2D eigenvalue weighted by Gasteiger charge is 2.03. The normalized spacial score (nSPS) is 12.9. The molecule has 1 aromatic carbocycles. The minimum atomic E-state index is -2.13. The van der Waals surface area contributed by atoms with Crippen LogP contribution in [-0.4, -0.2) is 8.76 Å². The third-order valence-electron chi connectivity index (χ3n) is 1.30. The van der Waals surface area contributed by atoms with Crippen molar-refractivity contribution in [2.75, 3.05) is 0 Å². The summed E-state index contributed by atoms with van der Waals surface area (Å²) < 4.78 is 20.7. The zero-order valence-corrected chi connectivity index (χ0v) is 8.25. The van der Waals surface area contributed by atoms with Crippen molar-refractivity contribution in [2.24, 2.45) is 0 Å². The standard InChI is InChI=1S/C7H6Cl2O2S/c8-6-3-1-2-5(7(6)9)4-12(10)11/h1-3H,4H2,(H,10,11)/p-1. The van der Waals surface area contributed by atoms with Gasteiger partial charge in [-0.15, -0.1) is 0 Å². The highest BCUT2D eigenvalue weighted by molar-refractivity contribution is 7.78. The fourth-order valence-corrected chi connectivity index (χ4v) is 1.75. The summed E-state index contributed by atoms with van der Waals surface area (Å²) in [6, 6.07) is 4.90. The van der Waals surface area contributed by atoms with Crippen LogP contribution in [0.5, 0.6) is 0 Å². The first-order valence-electron chi connectivity index (χ1n) is 3.10.